The number of nitrogens with two attached hydrogens (primary N) is 1. The van der Waals surface area contributed by atoms with E-state index in [4.69, 9.17) is 14.4 Å². The number of hydrogen-bond acceptors (Lipinski definition) is 13. The summed E-state index contributed by atoms with van der Waals surface area (Å²) < 4.78 is 0. The minimum atomic E-state index is -0.904. The second kappa shape index (κ2) is 63.1. The second-order valence-electron chi connectivity index (χ2n) is 21.5. The molecule has 4 atom stereocenters. The zero-order valence-electron chi connectivity index (χ0n) is 59.0. The highest BCUT2D eigenvalue weighted by atomic mass is 32.1. The molecule has 0 aliphatic carbocycles. The van der Waals surface area contributed by atoms with Gasteiger partial charge in [0, 0.05) is 55.0 Å². The van der Waals surface area contributed by atoms with Gasteiger partial charge in [0.15, 0.2) is 5.12 Å². The molecule has 1 aliphatic heterocycles. The van der Waals surface area contributed by atoms with Gasteiger partial charge in [0.2, 0.25) is 48.8 Å². The smallest absolute Gasteiger partial charge is 0.246 e. The first-order valence-electron chi connectivity index (χ1n) is 31.4. The molecule has 1 fully saturated rings. The zero-order chi connectivity index (χ0) is 70.7. The lowest BCUT2D eigenvalue weighted by Crippen LogP contribution is -2.54. The van der Waals surface area contributed by atoms with Gasteiger partial charge < -0.3 is 52.2 Å². The van der Waals surface area contributed by atoms with E-state index < -0.39 is 29.8 Å². The number of carbonyl (C=O) groups excluding carboxylic acids is 10. The molecule has 1 heterocycles. The van der Waals surface area contributed by atoms with Crippen LogP contribution >= 0.6 is 12.6 Å². The molecule has 1 aliphatic rings. The van der Waals surface area contributed by atoms with Gasteiger partial charge in [0.05, 0.1) is 13.2 Å². The van der Waals surface area contributed by atoms with E-state index in [1.807, 2.05) is 95.9 Å². The first-order chi connectivity index (χ1) is 42.1. The third-order valence-corrected chi connectivity index (χ3v) is 12.8. The van der Waals surface area contributed by atoms with Crippen LogP contribution in [0.1, 0.15) is 188 Å². The highest BCUT2D eigenvalue weighted by Crippen LogP contribution is 2.29. The molecule has 89 heavy (non-hydrogen) atoms. The largest absolute Gasteiger partial charge is 0.372 e. The van der Waals surface area contributed by atoms with Crippen LogP contribution in [0.2, 0.25) is 0 Å². The number of benzene rings is 2. The monoisotopic (exact) mass is 1280 g/mol. The minimum Gasteiger partial charge on any atom is -0.372 e. The van der Waals surface area contributed by atoms with Crippen LogP contribution in [0.25, 0.3) is 0 Å². The summed E-state index contributed by atoms with van der Waals surface area (Å²) in [7, 11) is 6.06. The van der Waals surface area contributed by atoms with Gasteiger partial charge in [-0.15, -0.1) is 12.6 Å². The average Bonchev–Trinajstić information content (AvgIpc) is 3.69. The summed E-state index contributed by atoms with van der Waals surface area (Å²) >= 11 is 3.88. The summed E-state index contributed by atoms with van der Waals surface area (Å²) in [4.78, 5) is 120. The second-order valence-corrected chi connectivity index (χ2v) is 21.9. The van der Waals surface area contributed by atoms with E-state index in [0.717, 1.165) is 17.1 Å². The van der Waals surface area contributed by atoms with Gasteiger partial charge in [0.25, 0.3) is 0 Å². The molecule has 8 amide bonds. The van der Waals surface area contributed by atoms with Crippen LogP contribution in [0.5, 0.6) is 0 Å². The molecule has 3 rings (SSSR count). The number of nitrogens with zero attached hydrogens (tertiary/aromatic N) is 2. The Morgan fingerprint density at radius 3 is 1.66 bits per heavy atom. The Hall–Kier alpha value is -6.49. The van der Waals surface area contributed by atoms with E-state index in [2.05, 4.69) is 147 Å². The first kappa shape index (κ1) is 96.1. The molecule has 2 aromatic rings. The van der Waals surface area contributed by atoms with Crippen molar-refractivity contribution in [3.8, 4) is 0 Å². The van der Waals surface area contributed by atoms with Gasteiger partial charge in [-0.2, -0.15) is 0 Å². The number of rotatable bonds is 27. The molecule has 0 aromatic heterocycles. The highest BCUT2D eigenvalue weighted by molar-refractivity contribution is 7.96. The van der Waals surface area contributed by atoms with Crippen LogP contribution in [0.4, 0.5) is 5.69 Å². The van der Waals surface area contributed by atoms with Crippen molar-refractivity contribution < 1.29 is 52.8 Å². The van der Waals surface area contributed by atoms with Crippen molar-refractivity contribution in [1.82, 2.24) is 41.9 Å². The number of likely N-dealkylation sites (tertiary alicyclic amines) is 1. The minimum absolute atomic E-state index is 0.00861. The van der Waals surface area contributed by atoms with Crippen molar-refractivity contribution in [3.63, 3.8) is 0 Å². The number of thiol groups is 1. The maximum Gasteiger partial charge on any atom is 0.246 e. The normalized spacial score (nSPS) is 12.3. The van der Waals surface area contributed by atoms with E-state index in [1.165, 1.54) is 5.56 Å². The molecular weight excluding hydrogens is 1150 g/mol. The molecular formula is C67H124N10O11S. The number of primary amides is 1. The van der Waals surface area contributed by atoms with Gasteiger partial charge >= 0.3 is 0 Å². The maximum absolute atomic E-state index is 13.3. The van der Waals surface area contributed by atoms with E-state index in [0.29, 0.717) is 75.8 Å². The molecule has 22 heteroatoms. The number of hydroxylamine groups is 1. The quantitative estimate of drug-likeness (QED) is 0.0133. The number of hydrogen-bond donors (Lipinski definition) is 9. The Kier molecular flexibility index (Phi) is 68.2. The molecule has 0 saturated carbocycles. The van der Waals surface area contributed by atoms with Crippen LogP contribution in [-0.2, 0) is 64.8 Å². The van der Waals surface area contributed by atoms with Crippen LogP contribution in [0.15, 0.2) is 66.2 Å². The first-order valence-corrected chi connectivity index (χ1v) is 31.8. The maximum atomic E-state index is 13.3. The molecule has 0 spiro atoms. The lowest BCUT2D eigenvalue weighted by atomic mass is 9.78. The van der Waals surface area contributed by atoms with Gasteiger partial charge in [0.1, 0.15) is 18.9 Å². The summed E-state index contributed by atoms with van der Waals surface area (Å²) in [5.41, 5.74) is 10.3. The number of likely N-dealkylation sites (N-methyl/N-ethyl adjacent to an activating group) is 1. The number of carbonyl (C=O) groups is 10. The number of nitrogens with one attached hydrogen (secondary N) is 7. The Morgan fingerprint density at radius 1 is 0.742 bits per heavy atom. The molecule has 9 N–H and O–H groups in total. The molecule has 21 nitrogen and oxygen atoms in total. The number of piperidine rings is 1. The van der Waals surface area contributed by atoms with Crippen molar-refractivity contribution in [2.45, 2.75) is 213 Å². The third-order valence-electron chi connectivity index (χ3n) is 12.4. The molecule has 4 unspecified atom stereocenters. The molecule has 2 aromatic carbocycles. The fourth-order valence-corrected chi connectivity index (χ4v) is 7.76. The lowest BCUT2D eigenvalue weighted by Gasteiger charge is -2.36. The van der Waals surface area contributed by atoms with Crippen molar-refractivity contribution in [1.29, 1.82) is 0 Å². The molecule has 514 valence electrons. The van der Waals surface area contributed by atoms with E-state index >= 15 is 0 Å². The Morgan fingerprint density at radius 2 is 1.25 bits per heavy atom. The average molecular weight is 1280 g/mol. The molecule has 1 saturated heterocycles. The zero-order valence-corrected chi connectivity index (χ0v) is 59.9. The Balaban J connectivity index is -0.000000238. The van der Waals surface area contributed by atoms with Gasteiger partial charge in [-0.3, -0.25) is 48.0 Å². The molecule has 0 radical (unpaired) electrons. The van der Waals surface area contributed by atoms with Crippen molar-refractivity contribution >= 4 is 79.0 Å². The van der Waals surface area contributed by atoms with Crippen LogP contribution < -0.4 is 43.1 Å². The van der Waals surface area contributed by atoms with Crippen molar-refractivity contribution in [2.24, 2.45) is 29.4 Å². The van der Waals surface area contributed by atoms with Crippen LogP contribution in [0, 0.1) is 23.7 Å². The highest BCUT2D eigenvalue weighted by Gasteiger charge is 2.31. The van der Waals surface area contributed by atoms with Crippen molar-refractivity contribution in [2.75, 3.05) is 52.6 Å². The van der Waals surface area contributed by atoms with Gasteiger partial charge in [-0.05, 0) is 115 Å². The number of anilines is 1. The summed E-state index contributed by atoms with van der Waals surface area (Å²) in [5.74, 6) is -0.938. The Bertz CT molecular complexity index is 2130. The summed E-state index contributed by atoms with van der Waals surface area (Å²) in [5, 5.41) is 16.4. The summed E-state index contributed by atoms with van der Waals surface area (Å²) in [6.45, 7) is 44.7. The van der Waals surface area contributed by atoms with E-state index in [9.17, 15) is 38.4 Å². The van der Waals surface area contributed by atoms with Crippen molar-refractivity contribution in [3.05, 3.63) is 77.4 Å². The molecule has 0 bridgehead atoms. The van der Waals surface area contributed by atoms with Gasteiger partial charge in [-0.25, -0.2) is 5.48 Å². The van der Waals surface area contributed by atoms with E-state index in [-0.39, 0.29) is 72.6 Å². The standard InChI is InChI=1S/C29H44N6O7S.C13H21N.C11H20N2O2.C4H10.4C2H6.CH3NO.CH2O/c1-19(2)26(34-24(37)10-11-25(38)35-15-12-21(13-16-35)29(41)43)28(40)33-23(5-4-14-30-3)27(39)32-22-8-6-20(7-9-22)17-42-31-18-36;1-11(14(4)5)13(2,3)12-9-7-6-8-10-12;1-8(2)5-10(9(3)4)13-11(15)6-12-7-14;1-4(2)3;4*1-2;2-1-3;1-2/h6-9,18-19,21,23,26,30H,4-5,10-17H2,1-3H3,(H,31,36)(H,32,39)(H,33,40)(H,34,37)(H,41,43);6-11H,1-5H3;5,7,9-10H,6H2,1-4H3,(H,12,14)(H,13,15);4H,1-3H3;4*1-2H3;1H,(H2,2,3);1H2. The van der Waals surface area contributed by atoms with E-state index in [1.54, 1.807) is 50.1 Å². The summed E-state index contributed by atoms with van der Waals surface area (Å²) in [6.07, 6.45) is 5.21. The number of amides is 8. The fraction of sp³-hybridized carbons (Fsp3) is 0.642. The Labute approximate surface area is 543 Å². The van der Waals surface area contributed by atoms with Crippen LogP contribution in [0.3, 0.4) is 0 Å². The lowest BCUT2D eigenvalue weighted by molar-refractivity contribution is -0.136. The predicted octanol–water partition coefficient (Wildman–Crippen LogP) is 9.34. The number of allylic oxidation sites excluding steroid dienone is 1. The third kappa shape index (κ3) is 51.0. The summed E-state index contributed by atoms with van der Waals surface area (Å²) in [6, 6.07) is 16.3. The topological polar surface area (TPSA) is 297 Å². The van der Waals surface area contributed by atoms with Crippen LogP contribution in [-0.4, -0.2) is 142 Å². The van der Waals surface area contributed by atoms with Gasteiger partial charge in [-0.1, -0.05) is 172 Å². The predicted molar refractivity (Wildman–Crippen MR) is 370 cm³/mol. The fourth-order valence-electron chi connectivity index (χ4n) is 7.51. The SMILES string of the molecule is C=O.CC.CC.CC.CC.CC(C)=CC(NC(=O)CNC=O)C(C)C.CC(C)C.CC(N(C)C)C(C)(C)c1ccccc1.CNCCCC(NC(=O)C(NC(=O)CCC(=O)N1CCC(C(=O)S)CC1)C(C)C)C(=O)Nc1ccc(CONC=O)cc1.NC=O.